The molecule has 1 N–H and O–H groups in total. The molecule has 0 saturated heterocycles. The summed E-state index contributed by atoms with van der Waals surface area (Å²) in [6, 6.07) is 6.92. The Kier molecular flexibility index (Phi) is 6.78. The van der Waals surface area contributed by atoms with Crippen molar-refractivity contribution in [2.24, 2.45) is 0 Å². The summed E-state index contributed by atoms with van der Waals surface area (Å²) in [7, 11) is 0. The fraction of sp³-hybridized carbons (Fsp3) is 0.364. The van der Waals surface area contributed by atoms with Crippen LogP contribution in [0.15, 0.2) is 24.3 Å². The molecule has 3 heteroatoms. The standard InChI is InChI=1S/C8H8O2.3CH3.Pb/c1-6-4-2-3-5-7(6)8(9)10;;;;/h2-5H,1H3,(H,9,10);3*1H3;. The first-order valence-corrected chi connectivity index (χ1v) is 16.2. The number of aromatic carboxylic acids is 1. The van der Waals surface area contributed by atoms with Gasteiger partial charge in [0.1, 0.15) is 0 Å². The van der Waals surface area contributed by atoms with Gasteiger partial charge in [-0.15, -0.1) is 0 Å². The quantitative estimate of drug-likeness (QED) is 0.751. The molecule has 0 spiro atoms. The number of aryl methyl sites for hydroxylation is 1. The Morgan fingerprint density at radius 2 is 1.64 bits per heavy atom. The number of hydrogen-bond donors (Lipinski definition) is 1. The van der Waals surface area contributed by atoms with Crippen molar-refractivity contribution in [3.05, 3.63) is 35.4 Å². The summed E-state index contributed by atoms with van der Waals surface area (Å²) >= 11 is -0.657. The Morgan fingerprint density at radius 3 is 1.93 bits per heavy atom. The van der Waals surface area contributed by atoms with Crippen molar-refractivity contribution >= 4 is 28.7 Å². The number of carboxylic acids is 1. The first kappa shape index (κ1) is 13.6. The molecule has 1 radical (unpaired) electrons. The van der Waals surface area contributed by atoms with Crippen LogP contribution in [-0.4, -0.2) is 33.8 Å². The summed E-state index contributed by atoms with van der Waals surface area (Å²) in [4.78, 5) is 10.4. The van der Waals surface area contributed by atoms with Crippen molar-refractivity contribution in [1.82, 2.24) is 0 Å². The average molecular weight is 388 g/mol. The van der Waals surface area contributed by atoms with Gasteiger partial charge in [-0.3, -0.25) is 0 Å². The van der Waals surface area contributed by atoms with Gasteiger partial charge in [0.15, 0.2) is 0 Å². The van der Waals surface area contributed by atoms with E-state index in [0.717, 1.165) is 5.56 Å². The molecule has 0 heterocycles. The van der Waals surface area contributed by atoms with E-state index in [9.17, 15) is 4.79 Å². The number of carboxylic acid groups (broad SMARTS) is 1. The molecular formula is C11H17O2Pb. The first-order chi connectivity index (χ1) is 6.45. The molecule has 77 valence electrons. The monoisotopic (exact) mass is 389 g/mol. The molecule has 0 saturated carbocycles. The van der Waals surface area contributed by atoms with Gasteiger partial charge in [0, 0.05) is 0 Å². The zero-order valence-electron chi connectivity index (χ0n) is 9.16. The molecule has 0 aliphatic carbocycles. The Balaban J connectivity index is 0.000000364. The van der Waals surface area contributed by atoms with Crippen LogP contribution in [0.3, 0.4) is 0 Å². The summed E-state index contributed by atoms with van der Waals surface area (Å²) < 4.78 is 7.14. The van der Waals surface area contributed by atoms with Crippen molar-refractivity contribution in [2.75, 3.05) is 0 Å². The van der Waals surface area contributed by atoms with Gasteiger partial charge in [-0.25, -0.2) is 4.79 Å². The van der Waals surface area contributed by atoms with E-state index in [1.807, 2.05) is 6.07 Å². The maximum absolute atomic E-state index is 10.4. The third-order valence-electron chi connectivity index (χ3n) is 1.38. The Labute approximate surface area is 94.1 Å². The molecule has 0 aliphatic rings. The molecular weight excluding hydrogens is 371 g/mol. The zero-order valence-corrected chi connectivity index (χ0v) is 13.1. The minimum atomic E-state index is -0.863. The molecule has 0 atom stereocenters. The maximum atomic E-state index is 10.4. The van der Waals surface area contributed by atoms with E-state index in [1.54, 1.807) is 25.1 Å². The second-order valence-electron chi connectivity index (χ2n) is 3.62. The van der Waals surface area contributed by atoms with Crippen LogP contribution in [0.25, 0.3) is 0 Å². The number of carbonyl (C=O) groups is 1. The SMILES string of the molecule is Cc1ccccc1C(=O)O.[CH3][Pb]([CH3])[CH3]. The number of benzene rings is 1. The van der Waals surface area contributed by atoms with Crippen molar-refractivity contribution in [3.63, 3.8) is 0 Å². The third-order valence-corrected chi connectivity index (χ3v) is 1.38. The molecule has 0 unspecified atom stereocenters. The van der Waals surface area contributed by atoms with E-state index in [0.29, 0.717) is 5.56 Å². The molecule has 14 heavy (non-hydrogen) atoms. The van der Waals surface area contributed by atoms with Crippen LogP contribution in [-0.2, 0) is 0 Å². The van der Waals surface area contributed by atoms with Crippen molar-refractivity contribution < 1.29 is 9.90 Å². The van der Waals surface area contributed by atoms with E-state index in [-0.39, 0.29) is 0 Å². The van der Waals surface area contributed by atoms with E-state index < -0.39 is 28.7 Å². The van der Waals surface area contributed by atoms with Gasteiger partial charge in [-0.2, -0.15) is 0 Å². The van der Waals surface area contributed by atoms with Crippen molar-refractivity contribution in [1.29, 1.82) is 0 Å². The normalized spacial score (nSPS) is 9.21. The fourth-order valence-corrected chi connectivity index (χ4v) is 0.813. The summed E-state index contributed by atoms with van der Waals surface area (Å²) in [6.45, 7) is 1.78. The molecule has 1 rings (SSSR count). The summed E-state index contributed by atoms with van der Waals surface area (Å²) in [6.07, 6.45) is 0. The van der Waals surface area contributed by atoms with Gasteiger partial charge in [0.25, 0.3) is 0 Å². The minimum absolute atomic E-state index is 0.377. The fourth-order valence-electron chi connectivity index (χ4n) is 0.813. The molecule has 1 aromatic rings. The van der Waals surface area contributed by atoms with E-state index in [4.69, 9.17) is 5.11 Å². The van der Waals surface area contributed by atoms with Crippen LogP contribution in [0, 0.1) is 6.92 Å². The van der Waals surface area contributed by atoms with Crippen LogP contribution >= 0.6 is 0 Å². The molecule has 0 amide bonds. The van der Waals surface area contributed by atoms with Gasteiger partial charge in [0.2, 0.25) is 0 Å². The van der Waals surface area contributed by atoms with Crippen molar-refractivity contribution in [3.8, 4) is 0 Å². The van der Waals surface area contributed by atoms with Crippen LogP contribution in [0.1, 0.15) is 15.9 Å². The number of hydrogen-bond acceptors (Lipinski definition) is 1. The molecule has 0 fully saturated rings. The second-order valence-corrected chi connectivity index (χ2v) is 15.3. The van der Waals surface area contributed by atoms with Gasteiger partial charge >= 0.3 is 42.1 Å². The zero-order chi connectivity index (χ0) is 11.1. The summed E-state index contributed by atoms with van der Waals surface area (Å²) in [5, 5.41) is 8.57. The van der Waals surface area contributed by atoms with E-state index in [2.05, 4.69) is 13.4 Å². The van der Waals surface area contributed by atoms with Crippen LogP contribution in [0.2, 0.25) is 13.4 Å². The van der Waals surface area contributed by atoms with Crippen molar-refractivity contribution in [2.45, 2.75) is 20.4 Å². The van der Waals surface area contributed by atoms with Crippen LogP contribution < -0.4 is 0 Å². The van der Waals surface area contributed by atoms with Crippen LogP contribution in [0.5, 0.6) is 0 Å². The second kappa shape index (κ2) is 6.98. The summed E-state index contributed by atoms with van der Waals surface area (Å²) in [5.41, 5.74) is 1.18. The molecule has 1 aromatic carbocycles. The molecule has 0 aromatic heterocycles. The Morgan fingerprint density at radius 1 is 1.21 bits per heavy atom. The Bertz CT molecular complexity index is 292. The van der Waals surface area contributed by atoms with Gasteiger partial charge < -0.3 is 5.11 Å². The molecule has 0 aliphatic heterocycles. The first-order valence-electron chi connectivity index (χ1n) is 4.51. The molecule has 2 nitrogen and oxygen atoms in total. The molecule has 0 bridgehead atoms. The summed E-state index contributed by atoms with van der Waals surface area (Å²) in [5.74, 6) is -0.863. The predicted molar refractivity (Wildman–Crippen MR) is 61.5 cm³/mol. The van der Waals surface area contributed by atoms with Gasteiger partial charge in [-0.05, 0) is 18.6 Å². The Hall–Kier alpha value is -0.388. The third kappa shape index (κ3) is 6.12. The predicted octanol–water partition coefficient (Wildman–Crippen LogP) is 3.06. The topological polar surface area (TPSA) is 37.3 Å². The van der Waals surface area contributed by atoms with Crippen LogP contribution in [0.4, 0.5) is 0 Å². The number of rotatable bonds is 1. The van der Waals surface area contributed by atoms with Gasteiger partial charge in [0.05, 0.1) is 5.56 Å². The van der Waals surface area contributed by atoms with E-state index >= 15 is 0 Å². The average Bonchev–Trinajstić information content (AvgIpc) is 2.03. The van der Waals surface area contributed by atoms with Gasteiger partial charge in [-0.1, -0.05) is 18.2 Å². The van der Waals surface area contributed by atoms with E-state index in [1.165, 1.54) is 0 Å².